The van der Waals surface area contributed by atoms with Gasteiger partial charge in [-0.15, -0.1) is 0 Å². The third-order valence-corrected chi connectivity index (χ3v) is 5.57. The number of benzene rings is 2. The van der Waals surface area contributed by atoms with Crippen molar-refractivity contribution in [2.45, 2.75) is 20.3 Å². The van der Waals surface area contributed by atoms with E-state index >= 15 is 0 Å². The van der Waals surface area contributed by atoms with E-state index in [1.807, 2.05) is 44.2 Å². The predicted molar refractivity (Wildman–Crippen MR) is 122 cm³/mol. The Balaban J connectivity index is 1.53. The summed E-state index contributed by atoms with van der Waals surface area (Å²) >= 11 is 0. The van der Waals surface area contributed by atoms with Gasteiger partial charge >= 0.3 is 0 Å². The monoisotopic (exact) mass is 434 g/mol. The fourth-order valence-electron chi connectivity index (χ4n) is 4.00. The number of hydrogen-bond acceptors (Lipinski definition) is 5. The van der Waals surface area contributed by atoms with E-state index in [2.05, 4.69) is 10.4 Å². The van der Waals surface area contributed by atoms with Gasteiger partial charge in [0.15, 0.2) is 11.5 Å². The Kier molecular flexibility index (Phi) is 5.85. The van der Waals surface area contributed by atoms with Crippen LogP contribution in [-0.2, 0) is 9.59 Å². The molecular weight excluding hydrogens is 408 g/mol. The Morgan fingerprint density at radius 3 is 2.50 bits per heavy atom. The average molecular weight is 434 g/mol. The third-order valence-electron chi connectivity index (χ3n) is 5.57. The molecule has 8 nitrogen and oxygen atoms in total. The van der Waals surface area contributed by atoms with Gasteiger partial charge < -0.3 is 19.7 Å². The molecule has 2 aromatic carbocycles. The maximum absolute atomic E-state index is 13.1. The standard InChI is InChI=1S/C24H26N4O4/c1-15-11-16(2)28(26-15)20-8-6-5-7-19(20)25-24(30)17-12-23(29)27(14-17)18-9-10-21(31-3)22(13-18)32-4/h5-11,13,17H,12,14H2,1-4H3,(H,25,30). The highest BCUT2D eigenvalue weighted by Gasteiger charge is 2.35. The Hall–Kier alpha value is -3.81. The van der Waals surface area contributed by atoms with Crippen LogP contribution in [0, 0.1) is 19.8 Å². The number of ether oxygens (including phenoxy) is 2. The Labute approximate surface area is 186 Å². The molecule has 1 aromatic heterocycles. The topological polar surface area (TPSA) is 85.7 Å². The predicted octanol–water partition coefficient (Wildman–Crippen LogP) is 3.50. The molecule has 0 spiro atoms. The maximum atomic E-state index is 13.1. The van der Waals surface area contributed by atoms with Gasteiger partial charge in [-0.05, 0) is 44.2 Å². The molecule has 1 atom stereocenters. The number of aromatic nitrogens is 2. The first-order valence-electron chi connectivity index (χ1n) is 10.4. The molecule has 0 saturated carbocycles. The van der Waals surface area contributed by atoms with Crippen molar-refractivity contribution in [3.05, 3.63) is 59.9 Å². The van der Waals surface area contributed by atoms with Crippen molar-refractivity contribution in [2.75, 3.05) is 31.0 Å². The first-order valence-corrected chi connectivity index (χ1v) is 10.4. The molecule has 2 amide bonds. The second kappa shape index (κ2) is 8.74. The van der Waals surface area contributed by atoms with Crippen LogP contribution in [0.5, 0.6) is 11.5 Å². The van der Waals surface area contributed by atoms with E-state index in [0.717, 1.165) is 17.1 Å². The first-order chi connectivity index (χ1) is 15.4. The number of rotatable bonds is 6. The van der Waals surface area contributed by atoms with E-state index in [1.54, 1.807) is 42.0 Å². The number of carbonyl (C=O) groups is 2. The lowest BCUT2D eigenvalue weighted by Gasteiger charge is -2.19. The fourth-order valence-corrected chi connectivity index (χ4v) is 4.00. The van der Waals surface area contributed by atoms with Gasteiger partial charge in [-0.25, -0.2) is 4.68 Å². The molecule has 32 heavy (non-hydrogen) atoms. The van der Waals surface area contributed by atoms with Crippen molar-refractivity contribution in [3.63, 3.8) is 0 Å². The number of carbonyl (C=O) groups excluding carboxylic acids is 2. The molecule has 0 radical (unpaired) electrons. The van der Waals surface area contributed by atoms with E-state index in [4.69, 9.17) is 9.47 Å². The molecule has 1 N–H and O–H groups in total. The van der Waals surface area contributed by atoms with Gasteiger partial charge in [0.2, 0.25) is 11.8 Å². The zero-order valence-corrected chi connectivity index (χ0v) is 18.6. The molecule has 1 unspecified atom stereocenters. The fraction of sp³-hybridized carbons (Fsp3) is 0.292. The van der Waals surface area contributed by atoms with Crippen LogP contribution in [0.4, 0.5) is 11.4 Å². The molecule has 4 rings (SSSR count). The van der Waals surface area contributed by atoms with Crippen LogP contribution in [0.1, 0.15) is 17.8 Å². The van der Waals surface area contributed by atoms with Crippen molar-refractivity contribution in [3.8, 4) is 17.2 Å². The quantitative estimate of drug-likeness (QED) is 0.642. The lowest BCUT2D eigenvalue weighted by molar-refractivity contribution is -0.122. The SMILES string of the molecule is COc1ccc(N2CC(C(=O)Nc3ccccc3-n3nc(C)cc3C)CC2=O)cc1OC. The molecule has 166 valence electrons. The first kappa shape index (κ1) is 21.4. The van der Waals surface area contributed by atoms with Gasteiger partial charge in [0.05, 0.1) is 37.2 Å². The lowest BCUT2D eigenvalue weighted by atomic mass is 10.1. The van der Waals surface area contributed by atoms with E-state index in [1.165, 1.54) is 0 Å². The highest BCUT2D eigenvalue weighted by molar-refractivity contribution is 6.04. The minimum Gasteiger partial charge on any atom is -0.493 e. The van der Waals surface area contributed by atoms with E-state index < -0.39 is 5.92 Å². The Morgan fingerprint density at radius 2 is 1.81 bits per heavy atom. The van der Waals surface area contributed by atoms with Gasteiger partial charge in [0.1, 0.15) is 0 Å². The van der Waals surface area contributed by atoms with Crippen LogP contribution in [0.15, 0.2) is 48.5 Å². The number of methoxy groups -OCH3 is 2. The second-order valence-corrected chi connectivity index (χ2v) is 7.79. The number of aryl methyl sites for hydroxylation is 2. The zero-order chi connectivity index (χ0) is 22.8. The van der Waals surface area contributed by atoms with Crippen molar-refractivity contribution in [2.24, 2.45) is 5.92 Å². The van der Waals surface area contributed by atoms with Gasteiger partial charge in [-0.1, -0.05) is 12.1 Å². The molecule has 2 heterocycles. The Bertz CT molecular complexity index is 1170. The number of nitrogens with one attached hydrogen (secondary N) is 1. The molecule has 1 saturated heterocycles. The van der Waals surface area contributed by atoms with Crippen molar-refractivity contribution < 1.29 is 19.1 Å². The largest absolute Gasteiger partial charge is 0.493 e. The summed E-state index contributed by atoms with van der Waals surface area (Å²) in [5, 5.41) is 7.52. The van der Waals surface area contributed by atoms with Crippen LogP contribution < -0.4 is 19.7 Å². The van der Waals surface area contributed by atoms with E-state index in [9.17, 15) is 9.59 Å². The molecular formula is C24H26N4O4. The molecule has 1 aliphatic heterocycles. The summed E-state index contributed by atoms with van der Waals surface area (Å²) in [5.74, 6) is 0.339. The van der Waals surface area contributed by atoms with Crippen LogP contribution in [-0.4, -0.2) is 42.4 Å². The van der Waals surface area contributed by atoms with E-state index in [-0.39, 0.29) is 18.2 Å². The van der Waals surface area contributed by atoms with Gasteiger partial charge in [-0.3, -0.25) is 9.59 Å². The van der Waals surface area contributed by atoms with Crippen molar-refractivity contribution >= 4 is 23.2 Å². The molecule has 1 aliphatic rings. The smallest absolute Gasteiger partial charge is 0.229 e. The van der Waals surface area contributed by atoms with Crippen LogP contribution in [0.2, 0.25) is 0 Å². The van der Waals surface area contributed by atoms with Crippen LogP contribution >= 0.6 is 0 Å². The zero-order valence-electron chi connectivity index (χ0n) is 18.6. The van der Waals surface area contributed by atoms with Crippen LogP contribution in [0.3, 0.4) is 0 Å². The maximum Gasteiger partial charge on any atom is 0.229 e. The normalized spacial score (nSPS) is 15.7. The number of amides is 2. The number of anilines is 2. The number of nitrogens with zero attached hydrogens (tertiary/aromatic N) is 3. The summed E-state index contributed by atoms with van der Waals surface area (Å²) in [7, 11) is 3.10. The molecule has 3 aromatic rings. The number of para-hydroxylation sites is 2. The van der Waals surface area contributed by atoms with Crippen molar-refractivity contribution in [1.82, 2.24) is 9.78 Å². The van der Waals surface area contributed by atoms with Gasteiger partial charge in [0.25, 0.3) is 0 Å². The summed E-state index contributed by atoms with van der Waals surface area (Å²) in [5.41, 5.74) is 3.98. The molecule has 0 bridgehead atoms. The number of hydrogen-bond donors (Lipinski definition) is 1. The molecule has 0 aliphatic carbocycles. The minimum atomic E-state index is -0.468. The second-order valence-electron chi connectivity index (χ2n) is 7.79. The summed E-state index contributed by atoms with van der Waals surface area (Å²) in [6.45, 7) is 4.19. The third kappa shape index (κ3) is 4.03. The molecule has 1 fully saturated rings. The lowest BCUT2D eigenvalue weighted by Crippen LogP contribution is -2.28. The van der Waals surface area contributed by atoms with Crippen LogP contribution in [0.25, 0.3) is 5.69 Å². The minimum absolute atomic E-state index is 0.107. The van der Waals surface area contributed by atoms with Gasteiger partial charge in [-0.2, -0.15) is 5.10 Å². The summed E-state index contributed by atoms with van der Waals surface area (Å²) in [6.07, 6.45) is 0.141. The van der Waals surface area contributed by atoms with Gasteiger partial charge in [0, 0.05) is 30.4 Å². The Morgan fingerprint density at radius 1 is 1.06 bits per heavy atom. The van der Waals surface area contributed by atoms with Crippen molar-refractivity contribution in [1.29, 1.82) is 0 Å². The van der Waals surface area contributed by atoms with E-state index in [0.29, 0.717) is 29.4 Å². The highest BCUT2D eigenvalue weighted by Crippen LogP contribution is 2.34. The molecule has 8 heteroatoms. The summed E-state index contributed by atoms with van der Waals surface area (Å²) in [6, 6.07) is 14.8. The highest BCUT2D eigenvalue weighted by atomic mass is 16.5. The summed E-state index contributed by atoms with van der Waals surface area (Å²) in [4.78, 5) is 27.4. The average Bonchev–Trinajstić information content (AvgIpc) is 3.34. The summed E-state index contributed by atoms with van der Waals surface area (Å²) < 4.78 is 12.4.